The lowest BCUT2D eigenvalue weighted by Crippen LogP contribution is -2.57. The van der Waals surface area contributed by atoms with Crippen LogP contribution in [-0.2, 0) is 33.9 Å². The third kappa shape index (κ3) is 6.37. The fraction of sp³-hybridized carbons (Fsp3) is 0.655. The molecule has 14 nitrogen and oxygen atoms in total. The number of carbonyl (C=O) groups excluding carboxylic acids is 4. The minimum Gasteiger partial charge on any atom is -0.463 e. The molecule has 5 atom stereocenters. The smallest absolute Gasteiger partial charge is 0.293 e. The first-order valence-corrected chi connectivity index (χ1v) is 16.7. The molecular weight excluding hydrogens is 594 g/mol. The molecule has 4 N–H and O–H groups in total. The fourth-order valence-corrected chi connectivity index (χ4v) is 7.43. The lowest BCUT2D eigenvalue weighted by molar-refractivity contribution is -0.140. The Balaban J connectivity index is 1.43. The number of ether oxygens (including phenoxy) is 1. The van der Waals surface area contributed by atoms with Gasteiger partial charge in [0.25, 0.3) is 23.2 Å². The number of sulfonamides is 1. The van der Waals surface area contributed by atoms with Crippen LogP contribution < -0.4 is 31.5 Å². The summed E-state index contributed by atoms with van der Waals surface area (Å²) in [7, 11) is -3.88. The normalized spacial score (nSPS) is 30.3. The summed E-state index contributed by atoms with van der Waals surface area (Å²) in [6.45, 7) is 3.76. The molecule has 1 aromatic carbocycles. The number of anilines is 2. The molecule has 2 heterocycles. The standard InChI is InChI=1S/C29H39N5O9S/c1-16(2)30-22-23(25(37)24(22)36)31-20-9-7-5-3-4-6-8-17-13-29(17,28(40)33-44(41,42)19-10-11-19)32-26(38)21-12-18(43-15-35)14-34(21)27(20)39/h6,8,15-21,30-31H,3-5,7,9-14H2,1-2H3,(H,32,38)(H,33,40)/b8-6-/t17-,18-,20+,21+,29-/m1/s1. The second-order valence-corrected chi connectivity index (χ2v) is 14.5. The number of rotatable bonds is 9. The van der Waals surface area contributed by atoms with Crippen molar-refractivity contribution in [2.24, 2.45) is 5.92 Å². The summed E-state index contributed by atoms with van der Waals surface area (Å²) >= 11 is 0. The maximum Gasteiger partial charge on any atom is 0.293 e. The largest absolute Gasteiger partial charge is 0.463 e. The Kier molecular flexibility index (Phi) is 8.87. The monoisotopic (exact) mass is 633 g/mol. The van der Waals surface area contributed by atoms with Crippen molar-refractivity contribution in [1.29, 1.82) is 0 Å². The van der Waals surface area contributed by atoms with Crippen molar-refractivity contribution in [3.05, 3.63) is 32.6 Å². The summed E-state index contributed by atoms with van der Waals surface area (Å²) in [6, 6.07) is -2.25. The molecule has 0 spiro atoms. The van der Waals surface area contributed by atoms with Crippen LogP contribution in [0.3, 0.4) is 0 Å². The van der Waals surface area contributed by atoms with E-state index in [0.717, 1.165) is 12.8 Å². The van der Waals surface area contributed by atoms with Gasteiger partial charge in [-0.15, -0.1) is 0 Å². The number of hydrogen-bond acceptors (Lipinski definition) is 11. The average Bonchev–Trinajstić information content (AvgIpc) is 3.89. The van der Waals surface area contributed by atoms with Crippen LogP contribution in [0.15, 0.2) is 21.7 Å². The highest BCUT2D eigenvalue weighted by Gasteiger charge is 2.62. The molecule has 15 heteroatoms. The van der Waals surface area contributed by atoms with Crippen molar-refractivity contribution in [2.45, 2.75) is 107 Å². The van der Waals surface area contributed by atoms with Crippen molar-refractivity contribution in [2.75, 3.05) is 17.2 Å². The second kappa shape index (κ2) is 12.3. The molecule has 240 valence electrons. The zero-order valence-corrected chi connectivity index (χ0v) is 25.6. The highest BCUT2D eigenvalue weighted by Crippen LogP contribution is 2.46. The molecule has 1 saturated heterocycles. The van der Waals surface area contributed by atoms with Crippen molar-refractivity contribution in [3.8, 4) is 0 Å². The van der Waals surface area contributed by atoms with Crippen LogP contribution in [0.1, 0.15) is 71.6 Å². The Morgan fingerprint density at radius 2 is 1.82 bits per heavy atom. The predicted octanol–water partition coefficient (Wildman–Crippen LogP) is 0.0295. The van der Waals surface area contributed by atoms with Gasteiger partial charge in [-0.3, -0.25) is 33.5 Å². The maximum absolute atomic E-state index is 14.1. The van der Waals surface area contributed by atoms with E-state index in [1.807, 2.05) is 26.0 Å². The van der Waals surface area contributed by atoms with Gasteiger partial charge in [-0.1, -0.05) is 25.0 Å². The molecule has 3 amide bonds. The first-order valence-electron chi connectivity index (χ1n) is 15.2. The Labute approximate surface area is 255 Å². The molecular formula is C29H39N5O9S. The lowest BCUT2D eigenvalue weighted by atomic mass is 10.0. The van der Waals surface area contributed by atoms with Gasteiger partial charge in [0.2, 0.25) is 21.8 Å². The summed E-state index contributed by atoms with van der Waals surface area (Å²) in [4.78, 5) is 78.4. The fourth-order valence-electron chi connectivity index (χ4n) is 6.07. The van der Waals surface area contributed by atoms with E-state index in [2.05, 4.69) is 20.7 Å². The average molecular weight is 634 g/mol. The van der Waals surface area contributed by atoms with Crippen LogP contribution >= 0.6 is 0 Å². The van der Waals surface area contributed by atoms with Gasteiger partial charge in [0.1, 0.15) is 35.1 Å². The van der Waals surface area contributed by atoms with Crippen LogP contribution in [-0.4, -0.2) is 79.1 Å². The SMILES string of the molecule is CC(C)Nc1c(N[C@H]2CCCCC/C=C\[C@@H]3C[C@@]3(C(=O)NS(=O)(=O)C3CC3)NC(=O)[C@@H]3C[C@@H](OC=O)CN3C2=O)c(=O)c1=O. The van der Waals surface area contributed by atoms with E-state index in [-0.39, 0.29) is 43.3 Å². The molecule has 4 aliphatic rings. The predicted molar refractivity (Wildman–Crippen MR) is 160 cm³/mol. The van der Waals surface area contributed by atoms with Crippen molar-refractivity contribution < 1.29 is 32.3 Å². The van der Waals surface area contributed by atoms with E-state index < -0.39 is 73.5 Å². The van der Waals surface area contributed by atoms with Gasteiger partial charge in [-0.05, 0) is 52.4 Å². The molecule has 5 rings (SSSR count). The van der Waals surface area contributed by atoms with E-state index in [1.54, 1.807) is 0 Å². The van der Waals surface area contributed by atoms with Gasteiger partial charge < -0.3 is 25.6 Å². The first-order chi connectivity index (χ1) is 20.9. The Hall–Kier alpha value is -3.75. The summed E-state index contributed by atoms with van der Waals surface area (Å²) in [5, 5.41) is 8.02. The lowest BCUT2D eigenvalue weighted by Gasteiger charge is -2.31. The number of nitrogens with one attached hydrogen (secondary N) is 4. The van der Waals surface area contributed by atoms with Crippen LogP contribution in [0.4, 0.5) is 11.4 Å². The topological polar surface area (TPSA) is 197 Å². The minimum atomic E-state index is -3.88. The highest BCUT2D eigenvalue weighted by molar-refractivity contribution is 7.91. The number of carbonyl (C=O) groups is 4. The van der Waals surface area contributed by atoms with E-state index in [1.165, 1.54) is 4.90 Å². The quantitative estimate of drug-likeness (QED) is 0.163. The molecule has 2 saturated carbocycles. The van der Waals surface area contributed by atoms with E-state index >= 15 is 0 Å². The van der Waals surface area contributed by atoms with Crippen LogP contribution in [0, 0.1) is 5.92 Å². The van der Waals surface area contributed by atoms with E-state index in [0.29, 0.717) is 32.1 Å². The summed E-state index contributed by atoms with van der Waals surface area (Å²) in [5.74, 6) is -2.47. The van der Waals surface area contributed by atoms with Crippen molar-refractivity contribution in [3.63, 3.8) is 0 Å². The molecule has 0 radical (unpaired) electrons. The Bertz CT molecular complexity index is 1530. The molecule has 3 fully saturated rings. The molecule has 44 heavy (non-hydrogen) atoms. The number of fused-ring (bicyclic) bond motifs is 2. The molecule has 0 aromatic heterocycles. The Morgan fingerprint density at radius 1 is 1.09 bits per heavy atom. The number of allylic oxidation sites excluding steroid dienone is 1. The molecule has 1 aromatic rings. The summed E-state index contributed by atoms with van der Waals surface area (Å²) < 4.78 is 32.4. The molecule has 0 bridgehead atoms. The zero-order valence-electron chi connectivity index (χ0n) is 24.8. The number of amides is 3. The van der Waals surface area contributed by atoms with E-state index in [9.17, 15) is 37.2 Å². The third-order valence-corrected chi connectivity index (χ3v) is 10.6. The molecule has 2 aliphatic carbocycles. The van der Waals surface area contributed by atoms with Crippen molar-refractivity contribution in [1.82, 2.24) is 14.9 Å². The molecule has 2 aliphatic heterocycles. The summed E-state index contributed by atoms with van der Waals surface area (Å²) in [5.41, 5.74) is -2.81. The van der Waals surface area contributed by atoms with E-state index in [4.69, 9.17) is 4.74 Å². The maximum atomic E-state index is 14.1. The van der Waals surface area contributed by atoms with Gasteiger partial charge in [-0.25, -0.2) is 8.42 Å². The first kappa shape index (κ1) is 31.7. The van der Waals surface area contributed by atoms with Gasteiger partial charge in [0.15, 0.2) is 0 Å². The van der Waals surface area contributed by atoms with Gasteiger partial charge in [0, 0.05) is 18.4 Å². The van der Waals surface area contributed by atoms with Gasteiger partial charge in [-0.2, -0.15) is 0 Å². The molecule has 0 unspecified atom stereocenters. The number of nitrogens with zero attached hydrogens (tertiary/aromatic N) is 1. The zero-order chi connectivity index (χ0) is 31.8. The number of hydrogen-bond donors (Lipinski definition) is 4. The van der Waals surface area contributed by atoms with Gasteiger partial charge in [0.05, 0.1) is 11.8 Å². The van der Waals surface area contributed by atoms with Crippen molar-refractivity contribution >= 4 is 45.6 Å². The van der Waals surface area contributed by atoms with Crippen LogP contribution in [0.5, 0.6) is 0 Å². The summed E-state index contributed by atoms with van der Waals surface area (Å²) in [6.07, 6.45) is 7.10. The second-order valence-electron chi connectivity index (χ2n) is 12.5. The van der Waals surface area contributed by atoms with Crippen LogP contribution in [0.25, 0.3) is 0 Å². The minimum absolute atomic E-state index is 0.0112. The van der Waals surface area contributed by atoms with Gasteiger partial charge >= 0.3 is 0 Å². The Morgan fingerprint density at radius 3 is 2.50 bits per heavy atom. The highest BCUT2D eigenvalue weighted by atomic mass is 32.2. The third-order valence-electron chi connectivity index (χ3n) is 8.75. The van der Waals surface area contributed by atoms with Crippen LogP contribution in [0.2, 0.25) is 0 Å².